The van der Waals surface area contributed by atoms with Crippen LogP contribution in [-0.4, -0.2) is 29.3 Å². The van der Waals surface area contributed by atoms with Gasteiger partial charge in [0.1, 0.15) is 11.4 Å². The van der Waals surface area contributed by atoms with Crippen LogP contribution in [0.2, 0.25) is 0 Å². The highest BCUT2D eigenvalue weighted by atomic mass is 19.1. The summed E-state index contributed by atoms with van der Waals surface area (Å²) < 4.78 is 13.0. The first-order valence-corrected chi connectivity index (χ1v) is 5.16. The maximum atomic E-state index is 13.0. The molecule has 92 valence electrons. The minimum atomic E-state index is -0.688. The Balaban J connectivity index is 3.15. The summed E-state index contributed by atoms with van der Waals surface area (Å²) in [5.74, 6) is -1.21. The normalized spacial score (nSPS) is 10.1. The van der Waals surface area contributed by atoms with E-state index in [9.17, 15) is 19.3 Å². The van der Waals surface area contributed by atoms with E-state index < -0.39 is 16.6 Å². The molecule has 0 fully saturated rings. The lowest BCUT2D eigenvalue weighted by Crippen LogP contribution is -2.28. The summed E-state index contributed by atoms with van der Waals surface area (Å²) in [6, 6.07) is 2.86. The lowest BCUT2D eigenvalue weighted by Gasteiger charge is -2.15. The van der Waals surface area contributed by atoms with Gasteiger partial charge in [0.15, 0.2) is 0 Å². The topological polar surface area (TPSA) is 63.5 Å². The number of benzene rings is 1. The molecule has 0 bridgehead atoms. The molecule has 17 heavy (non-hydrogen) atoms. The number of nitro benzene ring substituents is 1. The predicted octanol–water partition coefficient (Wildman–Crippen LogP) is 2.22. The highest BCUT2D eigenvalue weighted by Crippen LogP contribution is 2.20. The molecule has 0 unspecified atom stereocenters. The number of rotatable bonds is 4. The summed E-state index contributed by atoms with van der Waals surface area (Å²) in [6.07, 6.45) is 0.728. The summed E-state index contributed by atoms with van der Waals surface area (Å²) in [5, 5.41) is 10.7. The molecule has 0 atom stereocenters. The highest BCUT2D eigenvalue weighted by Gasteiger charge is 2.23. The second-order valence-corrected chi connectivity index (χ2v) is 3.65. The molecule has 0 N–H and O–H groups in total. The largest absolute Gasteiger partial charge is 0.341 e. The van der Waals surface area contributed by atoms with Gasteiger partial charge in [-0.25, -0.2) is 4.39 Å². The van der Waals surface area contributed by atoms with Gasteiger partial charge in [0.05, 0.1) is 4.92 Å². The van der Waals surface area contributed by atoms with E-state index in [1.54, 1.807) is 0 Å². The van der Waals surface area contributed by atoms with E-state index in [-0.39, 0.29) is 11.3 Å². The average Bonchev–Trinajstić information content (AvgIpc) is 2.27. The Bertz CT molecular complexity index is 448. The Kier molecular flexibility index (Phi) is 4.14. The molecule has 0 heterocycles. The zero-order valence-electron chi connectivity index (χ0n) is 9.64. The maximum absolute atomic E-state index is 13.0. The predicted molar refractivity (Wildman–Crippen MR) is 60.3 cm³/mol. The number of carbonyl (C=O) groups is 1. The van der Waals surface area contributed by atoms with E-state index in [4.69, 9.17) is 0 Å². The molecule has 0 saturated carbocycles. The van der Waals surface area contributed by atoms with Gasteiger partial charge in [-0.3, -0.25) is 14.9 Å². The molecule has 0 saturated heterocycles. The smallest absolute Gasteiger partial charge is 0.282 e. The Morgan fingerprint density at radius 3 is 2.71 bits per heavy atom. The average molecular weight is 240 g/mol. The van der Waals surface area contributed by atoms with Crippen LogP contribution in [0.4, 0.5) is 10.1 Å². The first-order valence-electron chi connectivity index (χ1n) is 5.16. The Hall–Kier alpha value is -1.98. The van der Waals surface area contributed by atoms with Crippen molar-refractivity contribution >= 4 is 11.6 Å². The lowest BCUT2D eigenvalue weighted by molar-refractivity contribution is -0.385. The van der Waals surface area contributed by atoms with E-state index >= 15 is 0 Å². The summed E-state index contributed by atoms with van der Waals surface area (Å²) >= 11 is 0. The first-order chi connectivity index (χ1) is 7.97. The van der Waals surface area contributed by atoms with Crippen molar-refractivity contribution in [3.63, 3.8) is 0 Å². The summed E-state index contributed by atoms with van der Waals surface area (Å²) in [7, 11) is 1.53. The maximum Gasteiger partial charge on any atom is 0.282 e. The van der Waals surface area contributed by atoms with Gasteiger partial charge < -0.3 is 4.90 Å². The first kappa shape index (κ1) is 13.1. The van der Waals surface area contributed by atoms with Gasteiger partial charge in [0.2, 0.25) is 0 Å². The number of nitro groups is 1. The molecule has 0 aliphatic heterocycles. The van der Waals surface area contributed by atoms with Gasteiger partial charge in [-0.15, -0.1) is 0 Å². The van der Waals surface area contributed by atoms with Crippen molar-refractivity contribution in [1.29, 1.82) is 0 Å². The van der Waals surface area contributed by atoms with Gasteiger partial charge in [-0.2, -0.15) is 0 Å². The van der Waals surface area contributed by atoms with E-state index in [0.717, 1.165) is 24.6 Å². The molecule has 0 radical (unpaired) electrons. The third kappa shape index (κ3) is 2.99. The van der Waals surface area contributed by atoms with Gasteiger partial charge in [-0.05, 0) is 18.6 Å². The molecule has 0 aromatic heterocycles. The van der Waals surface area contributed by atoms with E-state index in [2.05, 4.69) is 0 Å². The number of nitrogens with zero attached hydrogens (tertiary/aromatic N) is 2. The number of halogens is 1. The third-order valence-electron chi connectivity index (χ3n) is 2.29. The van der Waals surface area contributed by atoms with Gasteiger partial charge in [0.25, 0.3) is 11.6 Å². The number of carbonyl (C=O) groups excluding carboxylic acids is 1. The fraction of sp³-hybridized carbons (Fsp3) is 0.364. The molecule has 0 aliphatic carbocycles. The molecular formula is C11H13FN2O3. The van der Waals surface area contributed by atoms with Gasteiger partial charge in [-0.1, -0.05) is 6.92 Å². The minimum Gasteiger partial charge on any atom is -0.341 e. The summed E-state index contributed by atoms with van der Waals surface area (Å²) in [5.41, 5.74) is -0.592. The third-order valence-corrected chi connectivity index (χ3v) is 2.29. The summed E-state index contributed by atoms with van der Waals surface area (Å²) in [4.78, 5) is 23.2. The highest BCUT2D eigenvalue weighted by molar-refractivity contribution is 5.98. The van der Waals surface area contributed by atoms with Crippen LogP contribution in [0.5, 0.6) is 0 Å². The molecule has 0 spiro atoms. The number of hydrogen-bond acceptors (Lipinski definition) is 3. The molecule has 1 aromatic rings. The van der Waals surface area contributed by atoms with E-state index in [1.165, 1.54) is 11.9 Å². The zero-order chi connectivity index (χ0) is 13.0. The molecule has 5 nitrogen and oxygen atoms in total. The molecule has 1 amide bonds. The Morgan fingerprint density at radius 2 is 2.18 bits per heavy atom. The van der Waals surface area contributed by atoms with Crippen LogP contribution in [0.3, 0.4) is 0 Å². The van der Waals surface area contributed by atoms with E-state index in [0.29, 0.717) is 6.54 Å². The monoisotopic (exact) mass is 240 g/mol. The molecule has 1 rings (SSSR count). The van der Waals surface area contributed by atoms with Crippen LogP contribution in [0.15, 0.2) is 18.2 Å². The fourth-order valence-corrected chi connectivity index (χ4v) is 1.48. The van der Waals surface area contributed by atoms with Crippen LogP contribution < -0.4 is 0 Å². The lowest BCUT2D eigenvalue weighted by atomic mass is 10.1. The molecule has 0 aliphatic rings. The second kappa shape index (κ2) is 5.38. The van der Waals surface area contributed by atoms with Crippen molar-refractivity contribution in [3.8, 4) is 0 Å². The quantitative estimate of drug-likeness (QED) is 0.598. The Morgan fingerprint density at radius 1 is 1.53 bits per heavy atom. The van der Waals surface area contributed by atoms with Crippen LogP contribution in [-0.2, 0) is 0 Å². The van der Waals surface area contributed by atoms with Crippen LogP contribution in [0, 0.1) is 15.9 Å². The van der Waals surface area contributed by atoms with Gasteiger partial charge >= 0.3 is 0 Å². The van der Waals surface area contributed by atoms with Crippen LogP contribution >= 0.6 is 0 Å². The van der Waals surface area contributed by atoms with E-state index in [1.807, 2.05) is 6.92 Å². The minimum absolute atomic E-state index is 0.217. The fourth-order valence-electron chi connectivity index (χ4n) is 1.48. The van der Waals surface area contributed by atoms with Gasteiger partial charge in [0, 0.05) is 19.7 Å². The van der Waals surface area contributed by atoms with Crippen molar-refractivity contribution in [2.24, 2.45) is 0 Å². The molecular weight excluding hydrogens is 227 g/mol. The zero-order valence-corrected chi connectivity index (χ0v) is 9.64. The SMILES string of the molecule is CCCN(C)C(=O)c1cc(F)ccc1[N+](=O)[O-]. The molecule has 1 aromatic carbocycles. The summed E-state index contributed by atoms with van der Waals surface area (Å²) in [6.45, 7) is 2.34. The van der Waals surface area contributed by atoms with Crippen LogP contribution in [0.1, 0.15) is 23.7 Å². The Labute approximate surface area is 98.0 Å². The number of hydrogen-bond donors (Lipinski definition) is 0. The van der Waals surface area contributed by atoms with Crippen LogP contribution in [0.25, 0.3) is 0 Å². The van der Waals surface area contributed by atoms with Crippen molar-refractivity contribution in [2.75, 3.05) is 13.6 Å². The number of amides is 1. The molecule has 6 heteroatoms. The van der Waals surface area contributed by atoms with Crippen molar-refractivity contribution in [1.82, 2.24) is 4.90 Å². The second-order valence-electron chi connectivity index (χ2n) is 3.65. The standard InChI is InChI=1S/C11H13FN2O3/c1-3-6-13(2)11(15)9-7-8(12)4-5-10(9)14(16)17/h4-5,7H,3,6H2,1-2H3. The van der Waals surface area contributed by atoms with Crippen molar-refractivity contribution in [3.05, 3.63) is 39.7 Å². The van der Waals surface area contributed by atoms with Crippen molar-refractivity contribution in [2.45, 2.75) is 13.3 Å². The van der Waals surface area contributed by atoms with Crippen molar-refractivity contribution < 1.29 is 14.1 Å².